The van der Waals surface area contributed by atoms with Crippen LogP contribution in [0.4, 0.5) is 0 Å². The lowest BCUT2D eigenvalue weighted by Gasteiger charge is -2.50. The number of rotatable bonds is 2. The molecule has 20 heavy (non-hydrogen) atoms. The van der Waals surface area contributed by atoms with Gasteiger partial charge in [-0.1, -0.05) is 74.8 Å². The zero-order valence-corrected chi connectivity index (χ0v) is 14.7. The molecule has 1 aromatic rings. The Labute approximate surface area is 131 Å². The third-order valence-corrected chi connectivity index (χ3v) is 4.46. The van der Waals surface area contributed by atoms with Gasteiger partial charge >= 0.3 is 0 Å². The van der Waals surface area contributed by atoms with Crippen LogP contribution < -0.4 is 0 Å². The minimum absolute atomic E-state index is 0.0740. The minimum Gasteiger partial charge on any atom is -0.345 e. The van der Waals surface area contributed by atoms with Crippen molar-refractivity contribution in [2.24, 2.45) is 10.8 Å². The van der Waals surface area contributed by atoms with Gasteiger partial charge in [-0.2, -0.15) is 0 Å². The lowest BCUT2D eigenvalue weighted by molar-refractivity contribution is -0.350. The monoisotopic (exact) mass is 340 g/mol. The van der Waals surface area contributed by atoms with E-state index in [0.29, 0.717) is 13.2 Å². The van der Waals surface area contributed by atoms with Crippen LogP contribution in [0.2, 0.25) is 0 Å². The lowest BCUT2D eigenvalue weighted by atomic mass is 9.79. The van der Waals surface area contributed by atoms with Crippen molar-refractivity contribution in [3.63, 3.8) is 0 Å². The third-order valence-electron chi connectivity index (χ3n) is 3.81. The zero-order valence-electron chi connectivity index (χ0n) is 13.1. The second-order valence-corrected chi connectivity index (χ2v) is 8.00. The van der Waals surface area contributed by atoms with Gasteiger partial charge in [-0.05, 0) is 5.56 Å². The summed E-state index contributed by atoms with van der Waals surface area (Å²) in [5, 5.41) is 0.866. The molecule has 1 aromatic carbocycles. The van der Waals surface area contributed by atoms with Gasteiger partial charge in [0.2, 0.25) is 0 Å². The Morgan fingerprint density at radius 3 is 1.95 bits per heavy atom. The van der Waals surface area contributed by atoms with Crippen LogP contribution in [-0.4, -0.2) is 13.2 Å². The molecule has 0 aromatic heterocycles. The first-order valence-electron chi connectivity index (χ1n) is 7.13. The molecule has 3 heteroatoms. The molecule has 2 rings (SSSR count). The molecule has 1 fully saturated rings. The molecule has 0 saturated carbocycles. The van der Waals surface area contributed by atoms with Gasteiger partial charge in [0.15, 0.2) is 5.79 Å². The molecule has 0 atom stereocenters. The van der Waals surface area contributed by atoms with Crippen LogP contribution in [0.3, 0.4) is 0 Å². The summed E-state index contributed by atoms with van der Waals surface area (Å²) in [7, 11) is 0. The van der Waals surface area contributed by atoms with Crippen LogP contribution in [0.15, 0.2) is 24.3 Å². The highest BCUT2D eigenvalue weighted by Gasteiger charge is 2.50. The normalized spacial score (nSPS) is 21.7. The summed E-state index contributed by atoms with van der Waals surface area (Å²) < 4.78 is 12.5. The molecule has 0 aliphatic carbocycles. The van der Waals surface area contributed by atoms with E-state index in [2.05, 4.69) is 74.8 Å². The van der Waals surface area contributed by atoms with Crippen molar-refractivity contribution in [3.05, 3.63) is 35.4 Å². The molecule has 112 valence electrons. The Morgan fingerprint density at radius 1 is 1.05 bits per heavy atom. The molecule has 0 radical (unpaired) electrons. The van der Waals surface area contributed by atoms with Crippen molar-refractivity contribution in [1.82, 2.24) is 0 Å². The standard InChI is InChI=1S/C17H25BrO2/c1-15(2,3)17(19-11-16(4,5)12-20-17)14-8-6-13(10-18)7-9-14/h6-9H,10-12H2,1-5H3. The van der Waals surface area contributed by atoms with Crippen LogP contribution in [0.1, 0.15) is 45.7 Å². The maximum atomic E-state index is 6.27. The van der Waals surface area contributed by atoms with E-state index < -0.39 is 5.79 Å². The number of hydrogen-bond acceptors (Lipinski definition) is 2. The Bertz CT molecular complexity index is 447. The fourth-order valence-corrected chi connectivity index (χ4v) is 2.90. The van der Waals surface area contributed by atoms with Gasteiger partial charge in [0.25, 0.3) is 0 Å². The molecule has 0 bridgehead atoms. The quantitative estimate of drug-likeness (QED) is 0.716. The summed E-state index contributed by atoms with van der Waals surface area (Å²) in [6.07, 6.45) is 0. The average Bonchev–Trinajstić information content (AvgIpc) is 2.38. The van der Waals surface area contributed by atoms with Crippen molar-refractivity contribution in [3.8, 4) is 0 Å². The minimum atomic E-state index is -0.659. The highest BCUT2D eigenvalue weighted by atomic mass is 79.9. The van der Waals surface area contributed by atoms with Gasteiger partial charge in [-0.25, -0.2) is 0 Å². The second kappa shape index (κ2) is 5.43. The highest BCUT2D eigenvalue weighted by Crippen LogP contribution is 2.48. The Hall–Kier alpha value is -0.380. The first-order valence-corrected chi connectivity index (χ1v) is 8.26. The van der Waals surface area contributed by atoms with E-state index in [1.807, 2.05) is 0 Å². The first-order chi connectivity index (χ1) is 9.20. The van der Waals surface area contributed by atoms with Gasteiger partial charge in [0.1, 0.15) is 0 Å². The number of hydrogen-bond donors (Lipinski definition) is 0. The van der Waals surface area contributed by atoms with Gasteiger partial charge in [0, 0.05) is 21.7 Å². The number of ether oxygens (including phenoxy) is 2. The molecule has 0 unspecified atom stereocenters. The molecule has 0 N–H and O–H groups in total. The van der Waals surface area contributed by atoms with Crippen LogP contribution in [0.25, 0.3) is 0 Å². The summed E-state index contributed by atoms with van der Waals surface area (Å²) in [6.45, 7) is 12.3. The van der Waals surface area contributed by atoms with Crippen LogP contribution in [-0.2, 0) is 20.6 Å². The Kier molecular flexibility index (Phi) is 4.35. The summed E-state index contributed by atoms with van der Waals surface area (Å²) in [5.41, 5.74) is 2.31. The van der Waals surface area contributed by atoms with Gasteiger partial charge in [-0.15, -0.1) is 0 Å². The van der Waals surface area contributed by atoms with Crippen LogP contribution >= 0.6 is 15.9 Å². The van der Waals surface area contributed by atoms with E-state index in [-0.39, 0.29) is 10.8 Å². The van der Waals surface area contributed by atoms with E-state index in [4.69, 9.17) is 9.47 Å². The largest absolute Gasteiger partial charge is 0.345 e. The van der Waals surface area contributed by atoms with Crippen LogP contribution in [0, 0.1) is 10.8 Å². The summed E-state index contributed by atoms with van der Waals surface area (Å²) >= 11 is 3.48. The fourth-order valence-electron chi connectivity index (χ4n) is 2.52. The molecular weight excluding hydrogens is 316 g/mol. The smallest absolute Gasteiger partial charge is 0.199 e. The molecular formula is C17H25BrO2. The van der Waals surface area contributed by atoms with E-state index >= 15 is 0 Å². The van der Waals surface area contributed by atoms with E-state index in [0.717, 1.165) is 10.9 Å². The summed E-state index contributed by atoms with van der Waals surface area (Å²) in [5.74, 6) is -0.659. The number of benzene rings is 1. The zero-order chi connectivity index (χ0) is 15.0. The molecule has 1 saturated heterocycles. The predicted molar refractivity (Wildman–Crippen MR) is 85.9 cm³/mol. The third kappa shape index (κ3) is 2.95. The Morgan fingerprint density at radius 2 is 1.55 bits per heavy atom. The number of alkyl halides is 1. The molecule has 1 aliphatic rings. The van der Waals surface area contributed by atoms with Crippen molar-refractivity contribution >= 4 is 15.9 Å². The second-order valence-electron chi connectivity index (χ2n) is 7.44. The van der Waals surface area contributed by atoms with Crippen molar-refractivity contribution in [1.29, 1.82) is 0 Å². The van der Waals surface area contributed by atoms with Gasteiger partial charge in [0.05, 0.1) is 13.2 Å². The SMILES string of the molecule is CC1(C)COC(c2ccc(CBr)cc2)(C(C)(C)C)OC1. The predicted octanol–water partition coefficient (Wildman–Crippen LogP) is 4.85. The van der Waals surface area contributed by atoms with E-state index in [9.17, 15) is 0 Å². The lowest BCUT2D eigenvalue weighted by Crippen LogP contribution is -2.52. The maximum Gasteiger partial charge on any atom is 0.199 e. The van der Waals surface area contributed by atoms with Crippen molar-refractivity contribution in [2.45, 2.75) is 45.7 Å². The maximum absolute atomic E-state index is 6.27. The molecule has 0 spiro atoms. The molecule has 1 aliphatic heterocycles. The Balaban J connectivity index is 2.38. The molecule has 0 amide bonds. The van der Waals surface area contributed by atoms with Gasteiger partial charge in [-0.3, -0.25) is 0 Å². The topological polar surface area (TPSA) is 18.5 Å². The van der Waals surface area contributed by atoms with E-state index in [1.165, 1.54) is 5.56 Å². The van der Waals surface area contributed by atoms with E-state index in [1.54, 1.807) is 0 Å². The first kappa shape index (κ1) is 16.0. The summed E-state index contributed by atoms with van der Waals surface area (Å²) in [4.78, 5) is 0. The molecule has 2 nitrogen and oxygen atoms in total. The molecule has 1 heterocycles. The summed E-state index contributed by atoms with van der Waals surface area (Å²) in [6, 6.07) is 8.51. The van der Waals surface area contributed by atoms with Crippen molar-refractivity contribution in [2.75, 3.05) is 13.2 Å². The fraction of sp³-hybridized carbons (Fsp3) is 0.647. The number of halogens is 1. The highest BCUT2D eigenvalue weighted by molar-refractivity contribution is 9.08. The van der Waals surface area contributed by atoms with Crippen LogP contribution in [0.5, 0.6) is 0 Å². The average molecular weight is 341 g/mol. The van der Waals surface area contributed by atoms with Gasteiger partial charge < -0.3 is 9.47 Å². The van der Waals surface area contributed by atoms with Crippen molar-refractivity contribution < 1.29 is 9.47 Å².